The fourth-order valence-corrected chi connectivity index (χ4v) is 3.43. The van der Waals surface area contributed by atoms with Gasteiger partial charge in [-0.2, -0.15) is 0 Å². The number of nitrogens with one attached hydrogen (secondary N) is 1. The molecule has 0 radical (unpaired) electrons. The molecule has 0 saturated heterocycles. The number of aromatic nitrogens is 3. The quantitative estimate of drug-likeness (QED) is 0.649. The second-order valence-electron chi connectivity index (χ2n) is 4.48. The number of hydrazine groups is 1. The maximum Gasteiger partial charge on any atom is 0.0947 e. The summed E-state index contributed by atoms with van der Waals surface area (Å²) in [5, 5.41) is 7.32. The Labute approximate surface area is 115 Å². The van der Waals surface area contributed by atoms with Gasteiger partial charge in [0.2, 0.25) is 0 Å². The fourth-order valence-electron chi connectivity index (χ4n) is 1.74. The molecule has 0 amide bonds. The normalized spacial score (nSPS) is 13.2. The van der Waals surface area contributed by atoms with Gasteiger partial charge in [-0.05, 0) is 24.4 Å². The van der Waals surface area contributed by atoms with E-state index < -0.39 is 0 Å². The van der Waals surface area contributed by atoms with E-state index in [4.69, 9.17) is 5.84 Å². The third-order valence-electron chi connectivity index (χ3n) is 2.65. The van der Waals surface area contributed by atoms with Crippen LogP contribution in [0.3, 0.4) is 0 Å². The minimum Gasteiger partial charge on any atom is -0.271 e. The molecule has 2 aromatic heterocycles. The van der Waals surface area contributed by atoms with Crippen molar-refractivity contribution in [3.05, 3.63) is 26.7 Å². The molecule has 5 nitrogen and oxygen atoms in total. The average Bonchev–Trinajstić information content (AvgIpc) is 2.94. The highest BCUT2D eigenvalue weighted by Crippen LogP contribution is 2.28. The Morgan fingerprint density at radius 3 is 2.78 bits per heavy atom. The molecule has 0 bridgehead atoms. The van der Waals surface area contributed by atoms with Crippen molar-refractivity contribution < 1.29 is 0 Å². The zero-order valence-electron chi connectivity index (χ0n) is 10.7. The molecule has 3 N–H and O–H groups in total. The molecular weight excluding hydrogens is 266 g/mol. The van der Waals surface area contributed by atoms with Gasteiger partial charge in [-0.3, -0.25) is 11.3 Å². The van der Waals surface area contributed by atoms with Crippen molar-refractivity contribution in [1.82, 2.24) is 20.0 Å². The monoisotopic (exact) mass is 283 g/mol. The number of rotatable bonds is 5. The third kappa shape index (κ3) is 2.92. The zero-order chi connectivity index (χ0) is 13.1. The highest BCUT2D eigenvalue weighted by Gasteiger charge is 2.21. The summed E-state index contributed by atoms with van der Waals surface area (Å²) in [5.74, 6) is 6.02. The lowest BCUT2D eigenvalue weighted by Gasteiger charge is -2.14. The van der Waals surface area contributed by atoms with E-state index in [-0.39, 0.29) is 6.04 Å². The second kappa shape index (κ2) is 5.83. The van der Waals surface area contributed by atoms with Crippen LogP contribution in [0.1, 0.15) is 47.1 Å². The van der Waals surface area contributed by atoms with Gasteiger partial charge < -0.3 is 0 Å². The van der Waals surface area contributed by atoms with Crippen LogP contribution < -0.4 is 11.3 Å². The van der Waals surface area contributed by atoms with Crippen LogP contribution in [0.4, 0.5) is 0 Å². The summed E-state index contributed by atoms with van der Waals surface area (Å²) >= 11 is 3.07. The Bertz CT molecular complexity index is 505. The summed E-state index contributed by atoms with van der Waals surface area (Å²) in [6, 6.07) is 0.0351. The van der Waals surface area contributed by atoms with Gasteiger partial charge in [0.15, 0.2) is 0 Å². The van der Waals surface area contributed by atoms with Crippen molar-refractivity contribution in [3.8, 4) is 0 Å². The second-order valence-corrected chi connectivity index (χ2v) is 6.21. The molecule has 0 spiro atoms. The van der Waals surface area contributed by atoms with E-state index in [1.807, 2.05) is 6.92 Å². The van der Waals surface area contributed by atoms with Gasteiger partial charge >= 0.3 is 0 Å². The molecular formula is C11H17N5S2. The molecule has 0 aromatic carbocycles. The number of hydrogen-bond donors (Lipinski definition) is 2. The fraction of sp³-hybridized carbons (Fsp3) is 0.545. The Balaban J connectivity index is 2.20. The molecule has 0 aliphatic heterocycles. The minimum atomic E-state index is 0.0351. The number of hydrogen-bond acceptors (Lipinski definition) is 7. The Hall–Kier alpha value is -0.890. The standard InChI is InChI=1S/C11H17N5S2/c1-6(2)10-11(18-16-15-10)8(14-12)4-9-13-7(3)5-17-9/h5-6,8,14H,4,12H2,1-3H3. The van der Waals surface area contributed by atoms with Gasteiger partial charge in [0.1, 0.15) is 0 Å². The summed E-state index contributed by atoms with van der Waals surface area (Å²) in [4.78, 5) is 5.58. The van der Waals surface area contributed by atoms with Crippen LogP contribution >= 0.6 is 22.9 Å². The van der Waals surface area contributed by atoms with Crippen LogP contribution in [0.5, 0.6) is 0 Å². The molecule has 2 heterocycles. The van der Waals surface area contributed by atoms with Gasteiger partial charge in [-0.1, -0.05) is 18.3 Å². The van der Waals surface area contributed by atoms with Crippen molar-refractivity contribution in [2.75, 3.05) is 0 Å². The first kappa shape index (κ1) is 13.5. The van der Waals surface area contributed by atoms with Gasteiger partial charge in [-0.15, -0.1) is 16.4 Å². The van der Waals surface area contributed by atoms with Crippen molar-refractivity contribution in [1.29, 1.82) is 0 Å². The summed E-state index contributed by atoms with van der Waals surface area (Å²) in [7, 11) is 0. The third-order valence-corrected chi connectivity index (χ3v) is 4.49. The lowest BCUT2D eigenvalue weighted by atomic mass is 10.0. The maximum atomic E-state index is 5.67. The zero-order valence-corrected chi connectivity index (χ0v) is 12.3. The van der Waals surface area contributed by atoms with E-state index in [9.17, 15) is 0 Å². The lowest BCUT2D eigenvalue weighted by Crippen LogP contribution is -2.29. The molecule has 98 valence electrons. The average molecular weight is 283 g/mol. The molecule has 2 rings (SSSR count). The highest BCUT2D eigenvalue weighted by molar-refractivity contribution is 7.09. The smallest absolute Gasteiger partial charge is 0.0947 e. The summed E-state index contributed by atoms with van der Waals surface area (Å²) in [6.07, 6.45) is 0.776. The van der Waals surface area contributed by atoms with Gasteiger partial charge in [0.05, 0.1) is 21.6 Å². The molecule has 0 saturated carbocycles. The lowest BCUT2D eigenvalue weighted by molar-refractivity contribution is 0.549. The van der Waals surface area contributed by atoms with Crippen LogP contribution in [0.15, 0.2) is 5.38 Å². The predicted molar refractivity (Wildman–Crippen MR) is 74.6 cm³/mol. The summed E-state index contributed by atoms with van der Waals surface area (Å²) < 4.78 is 4.04. The molecule has 0 fully saturated rings. The Morgan fingerprint density at radius 1 is 1.44 bits per heavy atom. The summed E-state index contributed by atoms with van der Waals surface area (Å²) in [5.41, 5.74) is 4.93. The highest BCUT2D eigenvalue weighted by atomic mass is 32.1. The largest absolute Gasteiger partial charge is 0.271 e. The maximum absolute atomic E-state index is 5.67. The number of nitrogens with two attached hydrogens (primary N) is 1. The van der Waals surface area contributed by atoms with Gasteiger partial charge in [0.25, 0.3) is 0 Å². The topological polar surface area (TPSA) is 76.7 Å². The molecule has 18 heavy (non-hydrogen) atoms. The first-order chi connectivity index (χ1) is 8.61. The van der Waals surface area contributed by atoms with Crippen LogP contribution in [0.25, 0.3) is 0 Å². The Kier molecular flexibility index (Phi) is 4.39. The van der Waals surface area contributed by atoms with Crippen molar-refractivity contribution in [2.45, 2.75) is 39.2 Å². The van der Waals surface area contributed by atoms with E-state index in [2.05, 4.69) is 39.2 Å². The number of nitrogens with zero attached hydrogens (tertiary/aromatic N) is 3. The molecule has 1 unspecified atom stereocenters. The van der Waals surface area contributed by atoms with E-state index in [1.165, 1.54) is 11.5 Å². The number of thiazole rings is 1. The molecule has 0 aliphatic rings. The van der Waals surface area contributed by atoms with Crippen LogP contribution in [-0.4, -0.2) is 14.6 Å². The first-order valence-corrected chi connectivity index (χ1v) is 7.46. The predicted octanol–water partition coefficient (Wildman–Crippen LogP) is 2.17. The molecule has 2 aromatic rings. The van der Waals surface area contributed by atoms with Crippen LogP contribution in [0.2, 0.25) is 0 Å². The summed E-state index contributed by atoms with van der Waals surface area (Å²) in [6.45, 7) is 6.22. The van der Waals surface area contributed by atoms with E-state index in [0.29, 0.717) is 5.92 Å². The van der Waals surface area contributed by atoms with Crippen LogP contribution in [-0.2, 0) is 6.42 Å². The van der Waals surface area contributed by atoms with E-state index in [0.717, 1.165) is 27.7 Å². The van der Waals surface area contributed by atoms with Crippen molar-refractivity contribution >= 4 is 22.9 Å². The van der Waals surface area contributed by atoms with Crippen molar-refractivity contribution in [2.24, 2.45) is 5.84 Å². The van der Waals surface area contributed by atoms with Gasteiger partial charge in [0, 0.05) is 17.5 Å². The van der Waals surface area contributed by atoms with Crippen molar-refractivity contribution in [3.63, 3.8) is 0 Å². The van der Waals surface area contributed by atoms with Crippen LogP contribution in [0, 0.1) is 6.92 Å². The molecule has 7 heteroatoms. The van der Waals surface area contributed by atoms with Gasteiger partial charge in [-0.25, -0.2) is 4.98 Å². The number of aryl methyl sites for hydroxylation is 1. The molecule has 1 atom stereocenters. The Morgan fingerprint density at radius 2 is 2.22 bits per heavy atom. The first-order valence-electron chi connectivity index (χ1n) is 5.81. The molecule has 0 aliphatic carbocycles. The SMILES string of the molecule is Cc1csc(CC(NN)c2snnc2C(C)C)n1. The van der Waals surface area contributed by atoms with E-state index in [1.54, 1.807) is 11.3 Å². The minimum absolute atomic E-state index is 0.0351. The van der Waals surface area contributed by atoms with E-state index >= 15 is 0 Å².